The molecule has 8 heteroatoms. The minimum Gasteiger partial charge on any atom is -0.502 e. The Balaban J connectivity index is 2.25. The molecule has 0 radical (unpaired) electrons. The second-order valence-electron chi connectivity index (χ2n) is 6.35. The molecule has 0 fully saturated rings. The molecule has 2 N–H and O–H groups in total. The van der Waals surface area contributed by atoms with Crippen molar-refractivity contribution < 1.29 is 24.7 Å². The van der Waals surface area contributed by atoms with Crippen molar-refractivity contribution >= 4 is 17.9 Å². The van der Waals surface area contributed by atoms with Crippen LogP contribution in [0.1, 0.15) is 16.7 Å². The van der Waals surface area contributed by atoms with Crippen LogP contribution in [0.25, 0.3) is 0 Å². The van der Waals surface area contributed by atoms with Crippen molar-refractivity contribution in [3.63, 3.8) is 0 Å². The van der Waals surface area contributed by atoms with Crippen molar-refractivity contribution in [2.24, 2.45) is 4.99 Å². The molecule has 0 atom stereocenters. The Morgan fingerprint density at radius 2 is 1.60 bits per heavy atom. The van der Waals surface area contributed by atoms with Gasteiger partial charge in [0.1, 0.15) is 5.75 Å². The highest BCUT2D eigenvalue weighted by Crippen LogP contribution is 2.37. The zero-order valence-electron chi connectivity index (χ0n) is 15.9. The molecule has 30 heavy (non-hydrogen) atoms. The van der Waals surface area contributed by atoms with Crippen LogP contribution in [0.2, 0.25) is 0 Å². The summed E-state index contributed by atoms with van der Waals surface area (Å²) < 4.78 is 5.06. The van der Waals surface area contributed by atoms with E-state index in [0.717, 1.165) is 12.3 Å². The number of phenolic OH excluding ortho intramolecular Hbond substituents is 1. The lowest BCUT2D eigenvalue weighted by molar-refractivity contribution is -0.385. The van der Waals surface area contributed by atoms with E-state index in [2.05, 4.69) is 4.99 Å². The van der Waals surface area contributed by atoms with Crippen LogP contribution in [0, 0.1) is 10.1 Å². The number of aliphatic carboxylic acids is 1. The molecule has 0 amide bonds. The van der Waals surface area contributed by atoms with Crippen molar-refractivity contribution in [3.05, 3.63) is 99.6 Å². The van der Waals surface area contributed by atoms with Gasteiger partial charge in [0.2, 0.25) is 11.3 Å². The number of aromatic hydroxyl groups is 1. The summed E-state index contributed by atoms with van der Waals surface area (Å²) >= 11 is 0. The molecule has 0 aliphatic carbocycles. The Hall–Kier alpha value is -4.20. The maximum atomic E-state index is 12.5. The van der Waals surface area contributed by atoms with Crippen molar-refractivity contribution in [1.82, 2.24) is 0 Å². The van der Waals surface area contributed by atoms with E-state index in [0.29, 0.717) is 11.1 Å². The van der Waals surface area contributed by atoms with Crippen molar-refractivity contribution in [2.45, 2.75) is 5.54 Å². The average Bonchev–Trinajstić information content (AvgIpc) is 2.76. The maximum absolute atomic E-state index is 12.5. The first-order chi connectivity index (χ1) is 14.4. The molecule has 3 rings (SSSR count). The number of nitrogens with zero attached hydrogens (tertiary/aromatic N) is 2. The van der Waals surface area contributed by atoms with Crippen LogP contribution in [0.5, 0.6) is 11.5 Å². The molecule has 152 valence electrons. The van der Waals surface area contributed by atoms with Gasteiger partial charge in [-0.15, -0.1) is 0 Å². The number of aliphatic imine (C=N–C) groups is 1. The summed E-state index contributed by atoms with van der Waals surface area (Å²) in [6.07, 6.45) is 1.11. The summed E-state index contributed by atoms with van der Waals surface area (Å²) in [6.45, 7) is 0. The van der Waals surface area contributed by atoms with Crippen molar-refractivity contribution in [3.8, 4) is 11.5 Å². The molecule has 0 aliphatic heterocycles. The van der Waals surface area contributed by atoms with E-state index in [1.165, 1.54) is 13.2 Å². The quantitative estimate of drug-likeness (QED) is 0.350. The topological polar surface area (TPSA) is 122 Å². The fraction of sp³-hybridized carbons (Fsp3) is 0.0909. The summed E-state index contributed by atoms with van der Waals surface area (Å²) in [5, 5.41) is 31.8. The maximum Gasteiger partial charge on any atom is 0.340 e. The first-order valence-corrected chi connectivity index (χ1v) is 8.85. The number of methoxy groups -OCH3 is 1. The molecule has 0 unspecified atom stereocenters. The smallest absolute Gasteiger partial charge is 0.340 e. The first-order valence-electron chi connectivity index (χ1n) is 8.85. The highest BCUT2D eigenvalue weighted by Gasteiger charge is 2.41. The van der Waals surface area contributed by atoms with Crippen LogP contribution >= 0.6 is 0 Å². The van der Waals surface area contributed by atoms with Crippen molar-refractivity contribution in [2.75, 3.05) is 7.11 Å². The third-order valence-corrected chi connectivity index (χ3v) is 4.62. The highest BCUT2D eigenvalue weighted by molar-refractivity contribution is 5.92. The van der Waals surface area contributed by atoms with E-state index in [1.807, 2.05) is 0 Å². The van der Waals surface area contributed by atoms with Crippen LogP contribution in [0.3, 0.4) is 0 Å². The van der Waals surface area contributed by atoms with E-state index in [-0.39, 0.29) is 11.3 Å². The Labute approximate surface area is 171 Å². The fourth-order valence-corrected chi connectivity index (χ4v) is 3.11. The second-order valence-corrected chi connectivity index (χ2v) is 6.35. The number of carboxylic acids is 1. The Bertz CT molecular complexity index is 1060. The van der Waals surface area contributed by atoms with E-state index in [1.54, 1.807) is 60.7 Å². The zero-order chi connectivity index (χ0) is 21.7. The summed E-state index contributed by atoms with van der Waals surface area (Å²) in [5.41, 5.74) is -1.67. The molecule has 0 aliphatic rings. The van der Waals surface area contributed by atoms with Crippen molar-refractivity contribution in [1.29, 1.82) is 0 Å². The molecule has 8 nitrogen and oxygen atoms in total. The van der Waals surface area contributed by atoms with Crippen LogP contribution in [-0.4, -0.2) is 34.4 Å². The number of hydrogen-bond donors (Lipinski definition) is 2. The minimum absolute atomic E-state index is 0.0430. The largest absolute Gasteiger partial charge is 0.502 e. The number of hydrogen-bond acceptors (Lipinski definition) is 6. The fourth-order valence-electron chi connectivity index (χ4n) is 3.11. The SMILES string of the molecule is COc1cc(C=NC(C(=O)O)(c2ccccc2)c2ccccc2)c(O)c([N+](=O)[O-])c1. The van der Waals surface area contributed by atoms with Gasteiger partial charge in [-0.3, -0.25) is 15.1 Å². The second kappa shape index (κ2) is 8.44. The van der Waals surface area contributed by atoms with Crippen LogP contribution in [0.15, 0.2) is 77.8 Å². The van der Waals surface area contributed by atoms with E-state index < -0.39 is 27.9 Å². The van der Waals surface area contributed by atoms with Gasteiger partial charge in [0.05, 0.1) is 18.1 Å². The van der Waals surface area contributed by atoms with Gasteiger partial charge >= 0.3 is 11.7 Å². The molecule has 0 aromatic heterocycles. The summed E-state index contributed by atoms with van der Waals surface area (Å²) in [4.78, 5) is 27.3. The lowest BCUT2D eigenvalue weighted by atomic mass is 9.83. The first kappa shape index (κ1) is 20.5. The summed E-state index contributed by atoms with van der Waals surface area (Å²) in [6, 6.07) is 19.2. The normalized spacial score (nSPS) is 11.4. The Morgan fingerprint density at radius 1 is 1.07 bits per heavy atom. The van der Waals surface area contributed by atoms with E-state index in [4.69, 9.17) is 4.74 Å². The summed E-state index contributed by atoms with van der Waals surface area (Å²) in [5.74, 6) is -1.75. The predicted molar refractivity (Wildman–Crippen MR) is 110 cm³/mol. The molecule has 0 spiro atoms. The van der Waals surface area contributed by atoms with E-state index in [9.17, 15) is 25.1 Å². The molecule has 0 heterocycles. The minimum atomic E-state index is -1.83. The third-order valence-electron chi connectivity index (χ3n) is 4.62. The Morgan fingerprint density at radius 3 is 2.03 bits per heavy atom. The predicted octanol–water partition coefficient (Wildman–Crippen LogP) is 3.76. The van der Waals surface area contributed by atoms with Gasteiger partial charge in [-0.2, -0.15) is 0 Å². The Kier molecular flexibility index (Phi) is 5.78. The number of nitro benzene ring substituents is 1. The molecule has 0 bridgehead atoms. The highest BCUT2D eigenvalue weighted by atomic mass is 16.6. The number of nitro groups is 1. The van der Waals surface area contributed by atoms with Crippen LogP contribution < -0.4 is 4.74 Å². The molecule has 3 aromatic carbocycles. The number of phenols is 1. The molecule has 3 aromatic rings. The summed E-state index contributed by atoms with van der Waals surface area (Å²) in [7, 11) is 1.33. The van der Waals surface area contributed by atoms with Crippen LogP contribution in [0.4, 0.5) is 5.69 Å². The number of carboxylic acid groups (broad SMARTS) is 1. The number of benzene rings is 3. The standard InChI is InChI=1S/C22H18N2O6/c1-30-18-12-15(20(25)19(13-18)24(28)29)14-23-22(21(26)27,16-8-4-2-5-9-16)17-10-6-3-7-11-17/h2-14,25H,1H3,(H,26,27). The van der Waals surface area contributed by atoms with E-state index >= 15 is 0 Å². The van der Waals surface area contributed by atoms with Gasteiger partial charge in [-0.25, -0.2) is 4.79 Å². The lowest BCUT2D eigenvalue weighted by Crippen LogP contribution is -2.35. The average molecular weight is 406 g/mol. The molecular weight excluding hydrogens is 388 g/mol. The number of rotatable bonds is 7. The zero-order valence-corrected chi connectivity index (χ0v) is 15.9. The van der Waals surface area contributed by atoms with Crippen LogP contribution in [-0.2, 0) is 10.3 Å². The number of ether oxygens (including phenoxy) is 1. The van der Waals surface area contributed by atoms with Gasteiger partial charge in [-0.1, -0.05) is 60.7 Å². The van der Waals surface area contributed by atoms with Gasteiger partial charge in [0.25, 0.3) is 0 Å². The molecular formula is C22H18N2O6. The molecule has 0 saturated heterocycles. The van der Waals surface area contributed by atoms with Gasteiger partial charge in [0.15, 0.2) is 0 Å². The third kappa shape index (κ3) is 3.70. The molecule has 0 saturated carbocycles. The monoisotopic (exact) mass is 406 g/mol. The lowest BCUT2D eigenvalue weighted by Gasteiger charge is -2.26. The van der Waals surface area contributed by atoms with Gasteiger partial charge in [-0.05, 0) is 17.2 Å². The number of carbonyl (C=O) groups is 1. The van der Waals surface area contributed by atoms with Gasteiger partial charge in [0, 0.05) is 11.8 Å². The van der Waals surface area contributed by atoms with Gasteiger partial charge < -0.3 is 14.9 Å².